The summed E-state index contributed by atoms with van der Waals surface area (Å²) in [5.41, 5.74) is 8.70. The molecule has 2 atom stereocenters. The average Bonchev–Trinajstić information content (AvgIpc) is 3.16. The highest BCUT2D eigenvalue weighted by atomic mass is 35.5. The van der Waals surface area contributed by atoms with E-state index in [1.54, 1.807) is 0 Å². The molecule has 0 spiro atoms. The monoisotopic (exact) mass is 512 g/mol. The van der Waals surface area contributed by atoms with Crippen molar-refractivity contribution in [2.24, 2.45) is 17.6 Å². The Balaban J connectivity index is 0.000000246. The molecule has 2 aliphatic carbocycles. The minimum absolute atomic E-state index is 0.226. The van der Waals surface area contributed by atoms with Crippen molar-refractivity contribution in [3.63, 3.8) is 0 Å². The van der Waals surface area contributed by atoms with Crippen molar-refractivity contribution in [3.8, 4) is 5.75 Å². The van der Waals surface area contributed by atoms with Crippen molar-refractivity contribution in [2.75, 3.05) is 6.26 Å². The predicted molar refractivity (Wildman–Crippen MR) is 144 cm³/mol. The molecule has 0 heterocycles. The summed E-state index contributed by atoms with van der Waals surface area (Å²) in [6, 6.07) is 15.4. The third-order valence-electron chi connectivity index (χ3n) is 5.49. The Morgan fingerprint density at radius 3 is 2.46 bits per heavy atom. The number of carbonyl (C=O) groups excluding carboxylic acids is 1. The van der Waals surface area contributed by atoms with Gasteiger partial charge in [-0.15, -0.1) is 0 Å². The van der Waals surface area contributed by atoms with E-state index >= 15 is 0 Å². The van der Waals surface area contributed by atoms with Crippen LogP contribution in [0.15, 0.2) is 78.4 Å². The third-order valence-corrected chi connectivity index (χ3v) is 6.20. The van der Waals surface area contributed by atoms with E-state index in [0.29, 0.717) is 12.8 Å². The fourth-order valence-electron chi connectivity index (χ4n) is 3.68. The lowest BCUT2D eigenvalue weighted by Crippen LogP contribution is -2.09. The maximum absolute atomic E-state index is 11.1. The second kappa shape index (κ2) is 14.2. The van der Waals surface area contributed by atoms with Gasteiger partial charge in [-0.2, -0.15) is 0 Å². The summed E-state index contributed by atoms with van der Waals surface area (Å²) < 4.78 is 5.24. The van der Waals surface area contributed by atoms with Crippen LogP contribution in [0.4, 0.5) is 0 Å². The highest BCUT2D eigenvalue weighted by Crippen LogP contribution is 2.39. The van der Waals surface area contributed by atoms with Crippen LogP contribution in [0.3, 0.4) is 0 Å². The molecule has 184 valence electrons. The topological polar surface area (TPSA) is 113 Å². The molecular weight excluding hydrogens is 484 g/mol. The van der Waals surface area contributed by atoms with Crippen molar-refractivity contribution >= 4 is 46.5 Å². The van der Waals surface area contributed by atoms with Crippen LogP contribution in [0.2, 0.25) is 5.02 Å². The van der Waals surface area contributed by atoms with Gasteiger partial charge >= 0.3 is 5.97 Å². The van der Waals surface area contributed by atoms with Crippen LogP contribution in [0.25, 0.3) is 5.57 Å². The molecule has 1 saturated carbocycles. The first-order valence-electron chi connectivity index (χ1n) is 10.9. The molecular formula is C27H29ClN2O4S. The molecule has 0 radical (unpaired) electrons. The maximum Gasteiger partial charge on any atom is 0.306 e. The van der Waals surface area contributed by atoms with E-state index in [0.717, 1.165) is 27.5 Å². The number of hydrogen-bond donors (Lipinski definition) is 3. The molecule has 4 rings (SSSR count). The van der Waals surface area contributed by atoms with Gasteiger partial charge in [0.25, 0.3) is 0 Å². The lowest BCUT2D eigenvalue weighted by Gasteiger charge is -2.06. The van der Waals surface area contributed by atoms with Crippen LogP contribution in [-0.4, -0.2) is 29.0 Å². The molecule has 4 N–H and O–H groups in total. The minimum atomic E-state index is -0.686. The van der Waals surface area contributed by atoms with Gasteiger partial charge in [0.2, 0.25) is 11.6 Å². The largest absolute Gasteiger partial charge is 0.481 e. The lowest BCUT2D eigenvalue weighted by atomic mass is 10.0. The van der Waals surface area contributed by atoms with Crippen molar-refractivity contribution in [2.45, 2.75) is 19.8 Å². The Labute approximate surface area is 215 Å². The molecule has 0 aliphatic heterocycles. The Kier molecular flexibility index (Phi) is 11.3. The summed E-state index contributed by atoms with van der Waals surface area (Å²) in [6.07, 6.45) is 11.8. The molecule has 35 heavy (non-hydrogen) atoms. The predicted octanol–water partition coefficient (Wildman–Crippen LogP) is 6.10. The van der Waals surface area contributed by atoms with E-state index in [-0.39, 0.29) is 23.5 Å². The highest BCUT2D eigenvalue weighted by molar-refractivity contribution is 8.12. The number of fused-ring (bicyclic) bond motifs is 1. The molecule has 2 aromatic rings. The highest BCUT2D eigenvalue weighted by Gasteiger charge is 2.32. The number of ether oxygens (including phenoxy) is 1. The molecule has 6 nitrogen and oxygen atoms in total. The molecule has 0 bridgehead atoms. The van der Waals surface area contributed by atoms with Gasteiger partial charge in [0.05, 0.1) is 5.92 Å². The number of rotatable bonds is 3. The van der Waals surface area contributed by atoms with E-state index in [9.17, 15) is 4.79 Å². The number of primary amides is 1. The lowest BCUT2D eigenvalue weighted by molar-refractivity contribution is -0.141. The molecule has 0 aromatic heterocycles. The van der Waals surface area contributed by atoms with Crippen molar-refractivity contribution in [1.82, 2.24) is 0 Å². The summed E-state index contributed by atoms with van der Waals surface area (Å²) in [7, 11) is 0. The number of halogens is 1. The maximum atomic E-state index is 11.1. The summed E-state index contributed by atoms with van der Waals surface area (Å²) >= 11 is 7.19. The van der Waals surface area contributed by atoms with Crippen LogP contribution < -0.4 is 10.5 Å². The van der Waals surface area contributed by atoms with Crippen LogP contribution in [0, 0.1) is 24.2 Å². The van der Waals surface area contributed by atoms with Crippen LogP contribution >= 0.6 is 23.4 Å². The number of benzene rings is 2. The first-order chi connectivity index (χ1) is 16.8. The van der Waals surface area contributed by atoms with Gasteiger partial charge in [-0.1, -0.05) is 83.6 Å². The number of carbonyl (C=O) groups is 2. The van der Waals surface area contributed by atoms with Crippen molar-refractivity contribution in [1.29, 1.82) is 5.41 Å². The standard InChI is InChI=1S/C17H15ClO2.C9H11NOS.CH3NO/c18-16-7-5-12(6-8-16)11-1-3-13-9-15(17(19)20)10-14(13)4-2-11;1-7-5-3-4-6-8(7)11-9(10)12-2;2-1-3/h1-8,13,15H,9-10H2,(H,19,20);3-6,10H,1-2H3;1H,(H2,2,3). The number of aryl methyl sites for hydroxylation is 1. The molecule has 2 unspecified atom stereocenters. The van der Waals surface area contributed by atoms with E-state index < -0.39 is 5.97 Å². The zero-order chi connectivity index (χ0) is 25.8. The second-order valence-corrected chi connectivity index (χ2v) is 9.02. The van der Waals surface area contributed by atoms with Gasteiger partial charge in [0, 0.05) is 5.02 Å². The molecule has 1 amide bonds. The Bertz CT molecular complexity index is 1130. The first-order valence-corrected chi connectivity index (χ1v) is 12.5. The number of aliphatic carboxylic acids is 1. The molecule has 0 saturated heterocycles. The fraction of sp³-hybridized carbons (Fsp3) is 0.222. The van der Waals surface area contributed by atoms with E-state index in [1.165, 1.54) is 17.3 Å². The van der Waals surface area contributed by atoms with Gasteiger partial charge < -0.3 is 15.6 Å². The normalized spacial score (nSPS) is 17.7. The van der Waals surface area contributed by atoms with Crippen molar-refractivity contribution in [3.05, 3.63) is 94.6 Å². The van der Waals surface area contributed by atoms with E-state index in [2.05, 4.69) is 30.0 Å². The Morgan fingerprint density at radius 1 is 1.20 bits per heavy atom. The number of para-hydroxylation sites is 1. The number of nitrogens with one attached hydrogen (secondary N) is 1. The molecule has 8 heteroatoms. The molecule has 1 fully saturated rings. The third kappa shape index (κ3) is 8.77. The smallest absolute Gasteiger partial charge is 0.306 e. The second-order valence-electron chi connectivity index (χ2n) is 7.81. The molecule has 2 aromatic carbocycles. The Morgan fingerprint density at radius 2 is 1.86 bits per heavy atom. The number of carboxylic acids is 1. The first kappa shape index (κ1) is 28.0. The van der Waals surface area contributed by atoms with Gasteiger partial charge in [-0.3, -0.25) is 15.0 Å². The van der Waals surface area contributed by atoms with Gasteiger partial charge in [-0.05, 0) is 66.8 Å². The number of hydrogen-bond acceptors (Lipinski definition) is 5. The number of nitrogens with two attached hydrogens (primary N) is 1. The van der Waals surface area contributed by atoms with Crippen molar-refractivity contribution < 1.29 is 19.4 Å². The number of amides is 1. The van der Waals surface area contributed by atoms with E-state index in [1.807, 2.05) is 61.7 Å². The quantitative estimate of drug-likeness (QED) is 0.261. The molecule has 2 aliphatic rings. The average molecular weight is 513 g/mol. The summed E-state index contributed by atoms with van der Waals surface area (Å²) in [4.78, 5) is 19.7. The van der Waals surface area contributed by atoms with Crippen LogP contribution in [-0.2, 0) is 9.59 Å². The van der Waals surface area contributed by atoms with Gasteiger partial charge in [0.15, 0.2) is 0 Å². The minimum Gasteiger partial charge on any atom is -0.481 e. The van der Waals surface area contributed by atoms with Gasteiger partial charge in [-0.25, -0.2) is 0 Å². The number of carboxylic acid groups (broad SMARTS) is 1. The zero-order valence-electron chi connectivity index (χ0n) is 19.6. The SMILES string of the molecule is CSC(=N)Oc1ccccc1C.NC=O.O=C(O)C1CC2=CC=C(c3ccc(Cl)cc3)C=CC2C1. The summed E-state index contributed by atoms with van der Waals surface area (Å²) in [5, 5.41) is 17.4. The van der Waals surface area contributed by atoms with Gasteiger partial charge in [0.1, 0.15) is 5.75 Å². The number of thioether (sulfide) groups is 1. The zero-order valence-corrected chi connectivity index (χ0v) is 21.2. The Hall–Kier alpha value is -3.29. The number of allylic oxidation sites excluding steroid dienone is 6. The fourth-order valence-corrected chi connectivity index (χ4v) is 3.98. The summed E-state index contributed by atoms with van der Waals surface area (Å²) in [5.74, 6) is 0.102. The van der Waals surface area contributed by atoms with Crippen LogP contribution in [0.5, 0.6) is 5.75 Å². The summed E-state index contributed by atoms with van der Waals surface area (Å²) in [6.45, 7) is 1.96. The van der Waals surface area contributed by atoms with E-state index in [4.69, 9.17) is 31.6 Å². The van der Waals surface area contributed by atoms with Crippen LogP contribution in [0.1, 0.15) is 24.0 Å².